The number of guanidine groups is 1. The number of rotatable bonds is 6. The van der Waals surface area contributed by atoms with Crippen molar-refractivity contribution in [2.24, 2.45) is 16.3 Å². The third-order valence-electron chi connectivity index (χ3n) is 4.83. The predicted octanol–water partition coefficient (Wildman–Crippen LogP) is 1.30. The highest BCUT2D eigenvalue weighted by atomic mass is 127. The summed E-state index contributed by atoms with van der Waals surface area (Å²) in [4.78, 5) is 4.60. The van der Waals surface area contributed by atoms with Gasteiger partial charge in [-0.1, -0.05) is 13.8 Å². The lowest BCUT2D eigenvalue weighted by atomic mass is 9.57. The fraction of sp³-hybridized carbons (Fsp3) is 0.938. The molecule has 0 spiro atoms. The predicted molar refractivity (Wildman–Crippen MR) is 112 cm³/mol. The first-order valence-electron chi connectivity index (χ1n) is 8.62. The molecule has 1 aliphatic heterocycles. The summed E-state index contributed by atoms with van der Waals surface area (Å²) in [6, 6.07) is 0.314. The van der Waals surface area contributed by atoms with Gasteiger partial charge in [-0.15, -0.1) is 24.0 Å². The topological polar surface area (TPSA) is 91.8 Å². The van der Waals surface area contributed by atoms with E-state index in [9.17, 15) is 8.42 Å². The number of nitrogens with one attached hydrogen (secondary N) is 3. The summed E-state index contributed by atoms with van der Waals surface area (Å²) >= 11 is 0. The van der Waals surface area contributed by atoms with E-state index in [-0.39, 0.29) is 29.4 Å². The number of fused-ring (bicyclic) bond motifs is 1. The fourth-order valence-corrected chi connectivity index (χ4v) is 4.96. The van der Waals surface area contributed by atoms with Crippen LogP contribution in [0.5, 0.6) is 0 Å². The number of ether oxygens (including phenoxy) is 1. The minimum absolute atomic E-state index is 0. The maximum Gasteiger partial charge on any atom is 0.209 e. The van der Waals surface area contributed by atoms with Crippen molar-refractivity contribution in [2.45, 2.75) is 58.7 Å². The van der Waals surface area contributed by atoms with Gasteiger partial charge in [-0.25, -0.2) is 13.1 Å². The van der Waals surface area contributed by atoms with Gasteiger partial charge in [0.05, 0.1) is 18.9 Å². The van der Waals surface area contributed by atoms with Crippen LogP contribution in [0.2, 0.25) is 0 Å². The molecular weight excluding hydrogens is 455 g/mol. The van der Waals surface area contributed by atoms with E-state index in [2.05, 4.69) is 34.2 Å². The highest BCUT2D eigenvalue weighted by Crippen LogP contribution is 2.52. The molecule has 9 heteroatoms. The average molecular weight is 488 g/mol. The molecule has 7 nitrogen and oxygen atoms in total. The van der Waals surface area contributed by atoms with Crippen LogP contribution in [-0.4, -0.2) is 58.0 Å². The Morgan fingerprint density at radius 1 is 1.36 bits per heavy atom. The smallest absolute Gasteiger partial charge is 0.209 e. The summed E-state index contributed by atoms with van der Waals surface area (Å²) in [5.41, 5.74) is -0.568. The summed E-state index contributed by atoms with van der Waals surface area (Å²) in [6.07, 6.45) is 2.56. The van der Waals surface area contributed by atoms with E-state index in [4.69, 9.17) is 4.74 Å². The van der Waals surface area contributed by atoms with Crippen LogP contribution in [0, 0.1) is 11.3 Å². The Hall–Kier alpha value is -0.130. The van der Waals surface area contributed by atoms with Crippen LogP contribution in [0.4, 0.5) is 0 Å². The van der Waals surface area contributed by atoms with Gasteiger partial charge >= 0.3 is 0 Å². The van der Waals surface area contributed by atoms with Crippen LogP contribution in [0.15, 0.2) is 4.99 Å². The van der Waals surface area contributed by atoms with Crippen LogP contribution in [0.1, 0.15) is 41.0 Å². The normalized spacial score (nSPS) is 28.6. The molecule has 2 aliphatic rings. The van der Waals surface area contributed by atoms with Gasteiger partial charge in [0.25, 0.3) is 0 Å². The van der Waals surface area contributed by atoms with Crippen molar-refractivity contribution in [3.8, 4) is 0 Å². The molecule has 0 amide bonds. The largest absolute Gasteiger partial charge is 0.377 e. The molecule has 25 heavy (non-hydrogen) atoms. The lowest BCUT2D eigenvalue weighted by molar-refractivity contribution is -0.106. The second kappa shape index (κ2) is 8.26. The van der Waals surface area contributed by atoms with Gasteiger partial charge in [0.1, 0.15) is 0 Å². The van der Waals surface area contributed by atoms with E-state index in [1.54, 1.807) is 0 Å². The van der Waals surface area contributed by atoms with Crippen molar-refractivity contribution >= 4 is 40.0 Å². The molecule has 3 atom stereocenters. The molecule has 0 bridgehead atoms. The maximum atomic E-state index is 11.5. The van der Waals surface area contributed by atoms with Crippen LogP contribution in [0.25, 0.3) is 0 Å². The summed E-state index contributed by atoms with van der Waals surface area (Å²) in [6.45, 7) is 12.0. The minimum atomic E-state index is -3.27. The number of halogens is 1. The quantitative estimate of drug-likeness (QED) is 0.298. The van der Waals surface area contributed by atoms with E-state index in [1.165, 1.54) is 6.26 Å². The van der Waals surface area contributed by atoms with Crippen molar-refractivity contribution < 1.29 is 13.2 Å². The van der Waals surface area contributed by atoms with Crippen molar-refractivity contribution in [1.29, 1.82) is 0 Å². The zero-order valence-corrected chi connectivity index (χ0v) is 19.2. The Kier molecular flexibility index (Phi) is 7.57. The number of nitrogens with zero attached hydrogens (tertiary/aromatic N) is 1. The van der Waals surface area contributed by atoms with Gasteiger partial charge in [-0.05, 0) is 27.2 Å². The number of hydrogen-bond donors (Lipinski definition) is 3. The second-order valence-electron chi connectivity index (χ2n) is 8.14. The Morgan fingerprint density at radius 2 is 2.00 bits per heavy atom. The van der Waals surface area contributed by atoms with Gasteiger partial charge in [0.2, 0.25) is 10.0 Å². The van der Waals surface area contributed by atoms with Gasteiger partial charge in [0.15, 0.2) is 5.96 Å². The van der Waals surface area contributed by atoms with E-state index < -0.39 is 15.6 Å². The lowest BCUT2D eigenvalue weighted by Gasteiger charge is -2.55. The van der Waals surface area contributed by atoms with Crippen molar-refractivity contribution in [1.82, 2.24) is 15.4 Å². The van der Waals surface area contributed by atoms with Gasteiger partial charge in [0, 0.05) is 36.1 Å². The molecule has 0 aromatic rings. The molecule has 2 rings (SSSR count). The maximum absolute atomic E-state index is 11.5. The van der Waals surface area contributed by atoms with Crippen molar-refractivity contribution in [3.63, 3.8) is 0 Å². The van der Waals surface area contributed by atoms with Gasteiger partial charge < -0.3 is 15.4 Å². The van der Waals surface area contributed by atoms with E-state index in [1.807, 2.05) is 20.8 Å². The Balaban J connectivity index is 0.00000312. The third-order valence-corrected chi connectivity index (χ3v) is 5.75. The van der Waals surface area contributed by atoms with Crippen molar-refractivity contribution in [3.05, 3.63) is 0 Å². The van der Waals surface area contributed by atoms with Crippen LogP contribution >= 0.6 is 24.0 Å². The zero-order valence-electron chi connectivity index (χ0n) is 16.0. The number of aliphatic imine (C=N–C) groups is 1. The molecule has 1 heterocycles. The molecular formula is C16H33IN4O3S. The molecule has 0 aromatic heterocycles. The van der Waals surface area contributed by atoms with E-state index >= 15 is 0 Å². The molecule has 1 aliphatic carbocycles. The highest BCUT2D eigenvalue weighted by Gasteiger charge is 2.59. The Bertz CT molecular complexity index is 592. The van der Waals surface area contributed by atoms with Crippen LogP contribution in [-0.2, 0) is 14.8 Å². The SMILES string of the molecule is CCNC(=NCC(C)(C)NS(C)(=O)=O)NC1C2CCOC2C1(C)C.I. The second-order valence-corrected chi connectivity index (χ2v) is 9.89. The minimum Gasteiger partial charge on any atom is -0.377 e. The molecule has 0 radical (unpaired) electrons. The fourth-order valence-electron chi connectivity index (χ4n) is 3.90. The van der Waals surface area contributed by atoms with Crippen molar-refractivity contribution in [2.75, 3.05) is 26.0 Å². The molecule has 3 unspecified atom stereocenters. The molecule has 1 saturated heterocycles. The monoisotopic (exact) mass is 488 g/mol. The summed E-state index contributed by atoms with van der Waals surface area (Å²) < 4.78 is 31.4. The molecule has 148 valence electrons. The lowest BCUT2D eigenvalue weighted by Crippen LogP contribution is -2.68. The van der Waals surface area contributed by atoms with E-state index in [0.717, 1.165) is 25.5 Å². The molecule has 3 N–H and O–H groups in total. The standard InChI is InChI=1S/C16H32N4O3S.HI/c1-7-17-14(18-10-15(2,3)20-24(6,21)22)19-12-11-8-9-23-13(11)16(12,4)5;/h11-13,20H,7-10H2,1-6H3,(H2,17,18,19);1H. The molecule has 0 aromatic carbocycles. The first-order chi connectivity index (χ1) is 11.0. The Labute approximate surface area is 169 Å². The number of hydrogen-bond acceptors (Lipinski definition) is 4. The van der Waals surface area contributed by atoms with Gasteiger partial charge in [-0.2, -0.15) is 0 Å². The third kappa shape index (κ3) is 5.67. The summed E-state index contributed by atoms with van der Waals surface area (Å²) in [7, 11) is -3.27. The molecule has 1 saturated carbocycles. The van der Waals surface area contributed by atoms with Crippen LogP contribution < -0.4 is 15.4 Å². The highest BCUT2D eigenvalue weighted by molar-refractivity contribution is 14.0. The molecule has 2 fully saturated rings. The van der Waals surface area contributed by atoms with E-state index in [0.29, 0.717) is 24.6 Å². The zero-order chi connectivity index (χ0) is 18.2. The number of sulfonamides is 1. The summed E-state index contributed by atoms with van der Waals surface area (Å²) in [5, 5.41) is 6.79. The first-order valence-corrected chi connectivity index (χ1v) is 10.5. The first kappa shape index (κ1) is 22.9. The average Bonchev–Trinajstić information content (AvgIpc) is 2.86. The van der Waals surface area contributed by atoms with Gasteiger partial charge in [-0.3, -0.25) is 4.99 Å². The summed E-state index contributed by atoms with van der Waals surface area (Å²) in [5.74, 6) is 1.25. The van der Waals surface area contributed by atoms with Crippen LogP contribution in [0.3, 0.4) is 0 Å². The Morgan fingerprint density at radius 3 is 2.56 bits per heavy atom.